The number of carbonyl (C=O) groups excluding carboxylic acids is 2. The van der Waals surface area contributed by atoms with Crippen LogP contribution in [0.2, 0.25) is 0 Å². The average molecular weight is 374 g/mol. The number of nitrogens with zero attached hydrogens (tertiary/aromatic N) is 2. The van der Waals surface area contributed by atoms with E-state index in [0.29, 0.717) is 24.8 Å². The third-order valence-electron chi connectivity index (χ3n) is 6.25. The number of amides is 3. The van der Waals surface area contributed by atoms with Crippen molar-refractivity contribution in [3.8, 4) is 0 Å². The summed E-state index contributed by atoms with van der Waals surface area (Å²) < 4.78 is 0. The Morgan fingerprint density at radius 1 is 1.07 bits per heavy atom. The molecular formula is C22H22N4O2. The Kier molecular flexibility index (Phi) is 3.93. The Morgan fingerprint density at radius 2 is 1.79 bits per heavy atom. The molecule has 3 amide bonds. The molecule has 3 aliphatic rings. The summed E-state index contributed by atoms with van der Waals surface area (Å²) in [5.74, 6) is 1.00. The minimum atomic E-state index is -0.738. The number of urea groups is 1. The van der Waals surface area contributed by atoms with Crippen molar-refractivity contribution in [2.75, 3.05) is 18.4 Å². The van der Waals surface area contributed by atoms with Gasteiger partial charge in [-0.15, -0.1) is 0 Å². The number of hydrogen-bond acceptors (Lipinski definition) is 3. The second kappa shape index (κ2) is 6.48. The van der Waals surface area contributed by atoms with Crippen molar-refractivity contribution in [1.29, 1.82) is 0 Å². The lowest BCUT2D eigenvalue weighted by atomic mass is 9.85. The fourth-order valence-electron chi connectivity index (χ4n) is 4.83. The molecule has 2 N–H and O–H groups in total. The SMILES string of the molecule is O=C(Nc1ccccc1)N1C[C@H]2CC[C@@]3(N=C(c4ccccc4)NC3=O)[C@@H]2C1. The van der Waals surface area contributed by atoms with Gasteiger partial charge in [-0.2, -0.15) is 0 Å². The average Bonchev–Trinajstić information content (AvgIpc) is 3.39. The molecule has 0 unspecified atom stereocenters. The highest BCUT2D eigenvalue weighted by Gasteiger charge is 2.59. The number of amidine groups is 1. The quantitative estimate of drug-likeness (QED) is 0.848. The summed E-state index contributed by atoms with van der Waals surface area (Å²) in [6.45, 7) is 1.23. The number of likely N-dealkylation sites (tertiary alicyclic amines) is 1. The normalized spacial score (nSPS) is 28.2. The second-order valence-electron chi connectivity index (χ2n) is 7.81. The summed E-state index contributed by atoms with van der Waals surface area (Å²) in [6.07, 6.45) is 1.66. The van der Waals surface area contributed by atoms with Gasteiger partial charge in [0.25, 0.3) is 5.91 Å². The van der Waals surface area contributed by atoms with E-state index < -0.39 is 5.54 Å². The van der Waals surface area contributed by atoms with Gasteiger partial charge < -0.3 is 15.5 Å². The van der Waals surface area contributed by atoms with Gasteiger partial charge in [-0.3, -0.25) is 9.79 Å². The molecule has 2 aromatic carbocycles. The maximum Gasteiger partial charge on any atom is 0.321 e. The van der Waals surface area contributed by atoms with Crippen molar-refractivity contribution in [3.63, 3.8) is 0 Å². The fourth-order valence-corrected chi connectivity index (χ4v) is 4.83. The second-order valence-corrected chi connectivity index (χ2v) is 7.81. The molecule has 1 saturated carbocycles. The molecule has 2 fully saturated rings. The highest BCUT2D eigenvalue weighted by molar-refractivity contribution is 6.15. The zero-order valence-electron chi connectivity index (χ0n) is 15.5. The number of rotatable bonds is 2. The lowest BCUT2D eigenvalue weighted by molar-refractivity contribution is -0.124. The first kappa shape index (κ1) is 17.0. The van der Waals surface area contributed by atoms with Crippen LogP contribution in [0.3, 0.4) is 0 Å². The third-order valence-corrected chi connectivity index (χ3v) is 6.25. The first-order valence-corrected chi connectivity index (χ1v) is 9.73. The van der Waals surface area contributed by atoms with Crippen LogP contribution in [0.15, 0.2) is 65.7 Å². The van der Waals surface area contributed by atoms with Crippen LogP contribution in [0.1, 0.15) is 18.4 Å². The summed E-state index contributed by atoms with van der Waals surface area (Å²) in [5, 5.41) is 5.94. The predicted molar refractivity (Wildman–Crippen MR) is 107 cm³/mol. The number of anilines is 1. The third kappa shape index (κ3) is 2.68. The molecule has 1 saturated heterocycles. The molecule has 2 aliphatic heterocycles. The van der Waals surface area contributed by atoms with E-state index in [0.717, 1.165) is 24.1 Å². The molecule has 0 aromatic heterocycles. The fraction of sp³-hybridized carbons (Fsp3) is 0.318. The number of fused-ring (bicyclic) bond motifs is 2. The van der Waals surface area contributed by atoms with Crippen molar-refractivity contribution in [1.82, 2.24) is 10.2 Å². The molecule has 5 rings (SSSR count). The number of nitrogens with one attached hydrogen (secondary N) is 2. The summed E-state index contributed by atoms with van der Waals surface area (Å²) in [5.41, 5.74) is 0.965. The Morgan fingerprint density at radius 3 is 2.54 bits per heavy atom. The molecule has 142 valence electrons. The Balaban J connectivity index is 1.36. The maximum atomic E-state index is 12.9. The van der Waals surface area contributed by atoms with Crippen LogP contribution in [0.4, 0.5) is 10.5 Å². The minimum absolute atomic E-state index is 0.0239. The van der Waals surface area contributed by atoms with Crippen molar-refractivity contribution >= 4 is 23.5 Å². The molecule has 28 heavy (non-hydrogen) atoms. The van der Waals surface area contributed by atoms with Crippen LogP contribution in [0.25, 0.3) is 0 Å². The Hall–Kier alpha value is -3.15. The van der Waals surface area contributed by atoms with E-state index in [-0.39, 0.29) is 17.9 Å². The molecule has 6 nitrogen and oxygen atoms in total. The number of aliphatic imine (C=N–C) groups is 1. The van der Waals surface area contributed by atoms with Crippen LogP contribution in [0, 0.1) is 11.8 Å². The van der Waals surface area contributed by atoms with E-state index in [2.05, 4.69) is 10.6 Å². The molecule has 2 heterocycles. The van der Waals surface area contributed by atoms with Crippen LogP contribution in [0.5, 0.6) is 0 Å². The maximum absolute atomic E-state index is 12.9. The molecule has 0 bridgehead atoms. The summed E-state index contributed by atoms with van der Waals surface area (Å²) in [7, 11) is 0. The van der Waals surface area contributed by atoms with Crippen LogP contribution < -0.4 is 10.6 Å². The Bertz CT molecular complexity index is 944. The van der Waals surface area contributed by atoms with Crippen molar-refractivity contribution in [2.24, 2.45) is 16.8 Å². The van der Waals surface area contributed by atoms with E-state index in [1.54, 1.807) is 0 Å². The van der Waals surface area contributed by atoms with Gasteiger partial charge in [0.05, 0.1) is 0 Å². The monoisotopic (exact) mass is 374 g/mol. The largest absolute Gasteiger partial charge is 0.324 e. The molecule has 6 heteroatoms. The van der Waals surface area contributed by atoms with E-state index in [1.165, 1.54) is 0 Å². The minimum Gasteiger partial charge on any atom is -0.324 e. The smallest absolute Gasteiger partial charge is 0.321 e. The topological polar surface area (TPSA) is 73.8 Å². The van der Waals surface area contributed by atoms with Gasteiger partial charge in [-0.25, -0.2) is 4.79 Å². The highest BCUT2D eigenvalue weighted by Crippen LogP contribution is 2.49. The number of hydrogen-bond donors (Lipinski definition) is 2. The molecular weight excluding hydrogens is 352 g/mol. The summed E-state index contributed by atoms with van der Waals surface area (Å²) in [4.78, 5) is 32.4. The van der Waals surface area contributed by atoms with Crippen LogP contribution in [-0.2, 0) is 4.79 Å². The number of benzene rings is 2. The van der Waals surface area contributed by atoms with Gasteiger partial charge >= 0.3 is 6.03 Å². The first-order chi connectivity index (χ1) is 13.7. The van der Waals surface area contributed by atoms with Gasteiger partial charge in [0.2, 0.25) is 0 Å². The summed E-state index contributed by atoms with van der Waals surface area (Å²) in [6, 6.07) is 19.1. The predicted octanol–water partition coefficient (Wildman–Crippen LogP) is 2.88. The molecule has 3 atom stereocenters. The molecule has 1 spiro atoms. The first-order valence-electron chi connectivity index (χ1n) is 9.73. The number of carbonyl (C=O) groups is 2. The van der Waals surface area contributed by atoms with Crippen molar-refractivity contribution < 1.29 is 9.59 Å². The van der Waals surface area contributed by atoms with E-state index in [4.69, 9.17) is 4.99 Å². The van der Waals surface area contributed by atoms with Gasteiger partial charge in [0.1, 0.15) is 11.4 Å². The molecule has 0 radical (unpaired) electrons. The van der Waals surface area contributed by atoms with E-state index in [1.807, 2.05) is 65.6 Å². The van der Waals surface area contributed by atoms with Gasteiger partial charge in [0, 0.05) is 30.3 Å². The standard InChI is InChI=1S/C22H22N4O2/c27-20-22(25-19(24-20)15-7-3-1-4-8-15)12-11-16-13-26(14-18(16)22)21(28)23-17-9-5-2-6-10-17/h1-10,16,18H,11-14H2,(H,23,28)(H,24,25,27)/t16-,18-,22-/m1/s1. The molecule has 2 aromatic rings. The highest BCUT2D eigenvalue weighted by atomic mass is 16.2. The zero-order chi connectivity index (χ0) is 19.1. The summed E-state index contributed by atoms with van der Waals surface area (Å²) >= 11 is 0. The van der Waals surface area contributed by atoms with Crippen LogP contribution in [-0.4, -0.2) is 41.3 Å². The number of para-hydroxylation sites is 1. The van der Waals surface area contributed by atoms with Crippen molar-refractivity contribution in [3.05, 3.63) is 66.2 Å². The lowest BCUT2D eigenvalue weighted by Gasteiger charge is -2.25. The van der Waals surface area contributed by atoms with Gasteiger partial charge in [0.15, 0.2) is 0 Å². The van der Waals surface area contributed by atoms with E-state index in [9.17, 15) is 9.59 Å². The molecule has 1 aliphatic carbocycles. The van der Waals surface area contributed by atoms with Crippen LogP contribution >= 0.6 is 0 Å². The van der Waals surface area contributed by atoms with Gasteiger partial charge in [-0.05, 0) is 30.9 Å². The zero-order valence-corrected chi connectivity index (χ0v) is 15.5. The Labute approximate surface area is 163 Å². The lowest BCUT2D eigenvalue weighted by Crippen LogP contribution is -2.45. The van der Waals surface area contributed by atoms with E-state index >= 15 is 0 Å². The van der Waals surface area contributed by atoms with Crippen molar-refractivity contribution in [2.45, 2.75) is 18.4 Å². The van der Waals surface area contributed by atoms with Gasteiger partial charge in [-0.1, -0.05) is 48.5 Å².